The predicted octanol–water partition coefficient (Wildman–Crippen LogP) is 1.05. The van der Waals surface area contributed by atoms with Crippen molar-refractivity contribution in [3.05, 3.63) is 11.8 Å². The molecule has 0 radical (unpaired) electrons. The molecule has 9 nitrogen and oxygen atoms in total. The molecule has 0 saturated carbocycles. The lowest BCUT2D eigenvalue weighted by molar-refractivity contribution is 0.0759. The Hall–Kier alpha value is -1.78. The largest absolute Gasteiger partial charge is 0.427 e. The predicted molar refractivity (Wildman–Crippen MR) is 85.2 cm³/mol. The number of rotatable bonds is 3. The molecule has 2 rings (SSSR count). The zero-order valence-electron chi connectivity index (χ0n) is 13.7. The molecule has 1 aliphatic rings. The van der Waals surface area contributed by atoms with Gasteiger partial charge in [-0.05, 0) is 6.92 Å². The molecule has 1 aromatic heterocycles. The van der Waals surface area contributed by atoms with E-state index in [-0.39, 0.29) is 11.9 Å². The number of aryl methyl sites for hydroxylation is 1. The van der Waals surface area contributed by atoms with E-state index < -0.39 is 6.09 Å². The van der Waals surface area contributed by atoms with Crippen molar-refractivity contribution >= 4 is 24.3 Å². The summed E-state index contributed by atoms with van der Waals surface area (Å²) in [6.07, 6.45) is -0.552. The lowest BCUT2D eigenvalue weighted by Crippen LogP contribution is -2.36. The number of ether oxygens (including phenoxy) is 2. The minimum atomic E-state index is -0.552. The van der Waals surface area contributed by atoms with Gasteiger partial charge in [0.2, 0.25) is 5.88 Å². The summed E-state index contributed by atoms with van der Waals surface area (Å²) in [5.41, 5.74) is 0.593. The number of carbonyl (C=O) groups is 2. The highest BCUT2D eigenvalue weighted by atomic mass is 32.2. The molecule has 0 aliphatic carbocycles. The molecule has 0 unspecified atom stereocenters. The molecule has 2 heterocycles. The van der Waals surface area contributed by atoms with E-state index in [0.29, 0.717) is 18.9 Å². The molecule has 1 fully saturated rings. The van der Waals surface area contributed by atoms with Gasteiger partial charge in [0, 0.05) is 52.4 Å². The maximum atomic E-state index is 12.1. The van der Waals surface area contributed by atoms with Crippen molar-refractivity contribution in [1.82, 2.24) is 23.3 Å². The highest BCUT2D eigenvalue weighted by Gasteiger charge is 2.21. The van der Waals surface area contributed by atoms with Crippen LogP contribution in [0.4, 0.5) is 9.59 Å². The first-order chi connectivity index (χ1) is 10.9. The van der Waals surface area contributed by atoms with E-state index in [4.69, 9.17) is 9.47 Å². The Labute approximate surface area is 139 Å². The first kappa shape index (κ1) is 17.6. The topological polar surface area (TPSA) is 80.1 Å². The Balaban J connectivity index is 1.94. The molecule has 0 aromatic carbocycles. The summed E-state index contributed by atoms with van der Waals surface area (Å²) in [4.78, 5) is 25.4. The van der Waals surface area contributed by atoms with Gasteiger partial charge in [-0.3, -0.25) is 0 Å². The van der Waals surface area contributed by atoms with Crippen molar-refractivity contribution < 1.29 is 19.1 Å². The highest BCUT2D eigenvalue weighted by Crippen LogP contribution is 2.19. The fourth-order valence-corrected chi connectivity index (χ4v) is 2.63. The lowest BCUT2D eigenvalue weighted by atomic mass is 10.5. The Morgan fingerprint density at radius 2 is 1.96 bits per heavy atom. The van der Waals surface area contributed by atoms with Crippen molar-refractivity contribution in [2.45, 2.75) is 6.92 Å². The maximum absolute atomic E-state index is 12.1. The SMILES string of the molecule is Cc1cc(OC(=O)N(C)SN2CCOCC2)nn1C(=O)N(C)C. The molecular formula is C13H21N5O4S. The Kier molecular flexibility index (Phi) is 5.85. The summed E-state index contributed by atoms with van der Waals surface area (Å²) in [5.74, 6) is 0.0946. The van der Waals surface area contributed by atoms with Gasteiger partial charge < -0.3 is 14.4 Å². The van der Waals surface area contributed by atoms with Crippen molar-refractivity contribution in [3.63, 3.8) is 0 Å². The van der Waals surface area contributed by atoms with Crippen LogP contribution in [0.15, 0.2) is 6.07 Å². The van der Waals surface area contributed by atoms with Gasteiger partial charge in [0.05, 0.1) is 18.9 Å². The minimum Gasteiger partial charge on any atom is -0.389 e. The molecule has 10 heteroatoms. The Morgan fingerprint density at radius 1 is 1.30 bits per heavy atom. The average molecular weight is 343 g/mol. The van der Waals surface area contributed by atoms with Crippen LogP contribution in [0.3, 0.4) is 0 Å². The molecule has 0 atom stereocenters. The second kappa shape index (κ2) is 7.66. The van der Waals surface area contributed by atoms with Crippen molar-refractivity contribution in [2.75, 3.05) is 47.4 Å². The number of nitrogens with zero attached hydrogens (tertiary/aromatic N) is 5. The van der Waals surface area contributed by atoms with Crippen LogP contribution >= 0.6 is 12.1 Å². The highest BCUT2D eigenvalue weighted by molar-refractivity contribution is 7.95. The van der Waals surface area contributed by atoms with Gasteiger partial charge in [0.15, 0.2) is 0 Å². The second-order valence-corrected chi connectivity index (χ2v) is 6.43. The van der Waals surface area contributed by atoms with E-state index in [2.05, 4.69) is 5.10 Å². The zero-order chi connectivity index (χ0) is 17.0. The van der Waals surface area contributed by atoms with Gasteiger partial charge >= 0.3 is 12.1 Å². The van der Waals surface area contributed by atoms with Gasteiger partial charge in [-0.1, -0.05) is 0 Å². The number of carbonyl (C=O) groups excluding carboxylic acids is 2. The third-order valence-corrected chi connectivity index (χ3v) is 4.08. The molecule has 0 N–H and O–H groups in total. The van der Waals surface area contributed by atoms with E-state index in [0.717, 1.165) is 13.1 Å². The number of morpholine rings is 1. The third-order valence-electron chi connectivity index (χ3n) is 3.09. The van der Waals surface area contributed by atoms with Crippen LogP contribution in [0.5, 0.6) is 5.88 Å². The van der Waals surface area contributed by atoms with Crippen LogP contribution in [0.2, 0.25) is 0 Å². The van der Waals surface area contributed by atoms with Gasteiger partial charge in [0.1, 0.15) is 0 Å². The fraction of sp³-hybridized carbons (Fsp3) is 0.615. The first-order valence-corrected chi connectivity index (χ1v) is 7.86. The smallest absolute Gasteiger partial charge is 0.389 e. The second-order valence-electron chi connectivity index (χ2n) is 5.20. The fourth-order valence-electron chi connectivity index (χ4n) is 1.87. The zero-order valence-corrected chi connectivity index (χ0v) is 14.5. The lowest BCUT2D eigenvalue weighted by Gasteiger charge is -2.28. The van der Waals surface area contributed by atoms with Gasteiger partial charge in [-0.2, -0.15) is 4.68 Å². The van der Waals surface area contributed by atoms with Crippen LogP contribution < -0.4 is 4.74 Å². The summed E-state index contributed by atoms with van der Waals surface area (Å²) < 4.78 is 15.1. The van der Waals surface area contributed by atoms with E-state index >= 15 is 0 Å². The standard InChI is InChI=1S/C13H21N5O4S/c1-10-9-11(14-18(10)12(19)15(2)3)22-13(20)16(4)23-17-5-7-21-8-6-17/h9H,5-8H2,1-4H3. The maximum Gasteiger partial charge on any atom is 0.427 e. The van der Waals surface area contributed by atoms with Crippen molar-refractivity contribution in [1.29, 1.82) is 0 Å². The number of hydrogen-bond donors (Lipinski definition) is 0. The van der Waals surface area contributed by atoms with Crippen LogP contribution in [-0.4, -0.2) is 82.9 Å². The molecule has 1 aromatic rings. The van der Waals surface area contributed by atoms with E-state index in [1.54, 1.807) is 34.1 Å². The molecule has 1 saturated heterocycles. The minimum absolute atomic E-state index is 0.0946. The average Bonchev–Trinajstić information content (AvgIpc) is 2.87. The summed E-state index contributed by atoms with van der Waals surface area (Å²) >= 11 is 1.27. The van der Waals surface area contributed by atoms with Gasteiger partial charge in [-0.15, -0.1) is 5.10 Å². The first-order valence-electron chi connectivity index (χ1n) is 7.13. The van der Waals surface area contributed by atoms with Crippen molar-refractivity contribution in [2.24, 2.45) is 0 Å². The monoisotopic (exact) mass is 343 g/mol. The molecule has 128 valence electrons. The van der Waals surface area contributed by atoms with Crippen LogP contribution in [-0.2, 0) is 4.74 Å². The number of amides is 2. The van der Waals surface area contributed by atoms with Crippen LogP contribution in [0.25, 0.3) is 0 Å². The normalized spacial score (nSPS) is 15.3. The van der Waals surface area contributed by atoms with Crippen LogP contribution in [0, 0.1) is 6.92 Å². The van der Waals surface area contributed by atoms with Gasteiger partial charge in [-0.25, -0.2) is 18.2 Å². The Bertz CT molecular complexity index is 571. The third kappa shape index (κ3) is 4.60. The van der Waals surface area contributed by atoms with Gasteiger partial charge in [0.25, 0.3) is 0 Å². The number of aromatic nitrogens is 2. The number of hydrogen-bond acceptors (Lipinski definition) is 7. The quantitative estimate of drug-likeness (QED) is 0.759. The van der Waals surface area contributed by atoms with Crippen molar-refractivity contribution in [3.8, 4) is 5.88 Å². The summed E-state index contributed by atoms with van der Waals surface area (Å²) in [7, 11) is 4.88. The molecule has 23 heavy (non-hydrogen) atoms. The summed E-state index contributed by atoms with van der Waals surface area (Å²) in [6, 6.07) is 1.24. The van der Waals surface area contributed by atoms with E-state index in [1.165, 1.54) is 26.0 Å². The molecule has 0 bridgehead atoms. The van der Waals surface area contributed by atoms with E-state index in [9.17, 15) is 9.59 Å². The molecule has 1 aliphatic heterocycles. The Morgan fingerprint density at radius 3 is 2.57 bits per heavy atom. The van der Waals surface area contributed by atoms with Crippen LogP contribution in [0.1, 0.15) is 5.69 Å². The van der Waals surface area contributed by atoms with E-state index in [1.807, 2.05) is 4.31 Å². The molecule has 2 amide bonds. The summed E-state index contributed by atoms with van der Waals surface area (Å²) in [5, 5.41) is 4.01. The molecular weight excluding hydrogens is 322 g/mol. The summed E-state index contributed by atoms with van der Waals surface area (Å²) in [6.45, 7) is 4.50. The molecule has 0 spiro atoms.